The van der Waals surface area contributed by atoms with E-state index in [0.717, 1.165) is 5.56 Å². The van der Waals surface area contributed by atoms with E-state index in [1.165, 1.54) is 23.8 Å². The van der Waals surface area contributed by atoms with Crippen molar-refractivity contribution in [3.05, 3.63) is 68.2 Å². The number of nitro groups is 1. The Morgan fingerprint density at radius 2 is 1.93 bits per heavy atom. The minimum absolute atomic E-state index is 0.0687. The number of carbonyl (C=O) groups is 1. The van der Waals surface area contributed by atoms with Gasteiger partial charge in [0.25, 0.3) is 11.6 Å². The van der Waals surface area contributed by atoms with Crippen LogP contribution in [0.4, 0.5) is 5.69 Å². The number of amides is 1. The number of nitrogens with zero attached hydrogens (tertiary/aromatic N) is 2. The molecule has 1 N–H and O–H groups in total. The summed E-state index contributed by atoms with van der Waals surface area (Å²) < 4.78 is 5.73. The predicted octanol–water partition coefficient (Wildman–Crippen LogP) is 4.18. The van der Waals surface area contributed by atoms with Crippen molar-refractivity contribution in [1.82, 2.24) is 5.43 Å². The second-order valence-electron chi connectivity index (χ2n) is 6.83. The van der Waals surface area contributed by atoms with Gasteiger partial charge in [-0.3, -0.25) is 14.9 Å². The molecule has 0 aliphatic carbocycles. The first kappa shape index (κ1) is 20.6. The number of rotatable bonds is 6. The number of non-ortho nitro benzene ring substituents is 1. The van der Waals surface area contributed by atoms with Gasteiger partial charge in [0, 0.05) is 12.1 Å². The first-order valence-corrected chi connectivity index (χ1v) is 8.95. The maximum atomic E-state index is 11.8. The van der Waals surface area contributed by atoms with Gasteiger partial charge in [0.2, 0.25) is 0 Å². The van der Waals surface area contributed by atoms with Gasteiger partial charge in [0.15, 0.2) is 6.61 Å². The van der Waals surface area contributed by atoms with Crippen LogP contribution in [-0.4, -0.2) is 23.7 Å². The first-order chi connectivity index (χ1) is 12.7. The van der Waals surface area contributed by atoms with E-state index in [2.05, 4.69) is 47.2 Å². The van der Waals surface area contributed by atoms with Gasteiger partial charge in [0.05, 0.1) is 15.6 Å². The number of benzene rings is 2. The van der Waals surface area contributed by atoms with E-state index in [9.17, 15) is 14.9 Å². The molecule has 0 aliphatic heterocycles. The highest BCUT2D eigenvalue weighted by atomic mass is 79.9. The summed E-state index contributed by atoms with van der Waals surface area (Å²) in [5.74, 6) is -0.111. The zero-order valence-electron chi connectivity index (χ0n) is 15.2. The van der Waals surface area contributed by atoms with Gasteiger partial charge in [-0.1, -0.05) is 45.0 Å². The highest BCUT2D eigenvalue weighted by Gasteiger charge is 2.13. The summed E-state index contributed by atoms with van der Waals surface area (Å²) in [6.07, 6.45) is 1.55. The summed E-state index contributed by atoms with van der Waals surface area (Å²) in [4.78, 5) is 22.0. The predicted molar refractivity (Wildman–Crippen MR) is 107 cm³/mol. The van der Waals surface area contributed by atoms with Crippen LogP contribution in [-0.2, 0) is 10.2 Å². The number of ether oxygens (including phenoxy) is 1. The lowest BCUT2D eigenvalue weighted by atomic mass is 9.87. The van der Waals surface area contributed by atoms with Crippen LogP contribution in [0.2, 0.25) is 0 Å². The van der Waals surface area contributed by atoms with Crippen molar-refractivity contribution in [1.29, 1.82) is 0 Å². The number of halogens is 1. The summed E-state index contributed by atoms with van der Waals surface area (Å²) in [5, 5.41) is 14.6. The summed E-state index contributed by atoms with van der Waals surface area (Å²) in [6.45, 7) is 6.15. The Morgan fingerprint density at radius 3 is 2.48 bits per heavy atom. The lowest BCUT2D eigenvalue weighted by molar-refractivity contribution is -0.384. The molecular formula is C19H20BrN3O4. The van der Waals surface area contributed by atoms with Crippen LogP contribution in [0.3, 0.4) is 0 Å². The van der Waals surface area contributed by atoms with Gasteiger partial charge in [-0.2, -0.15) is 5.10 Å². The van der Waals surface area contributed by atoms with E-state index in [1.807, 2.05) is 24.3 Å². The second kappa shape index (κ2) is 8.77. The Balaban J connectivity index is 1.86. The molecule has 2 aromatic rings. The SMILES string of the molecule is CC(C)(C)c1ccc(/C=N/NC(=O)COc2ccc([N+](=O)[O-])cc2Br)cc1. The molecule has 1 amide bonds. The van der Waals surface area contributed by atoms with E-state index >= 15 is 0 Å². The number of hydrazone groups is 1. The highest BCUT2D eigenvalue weighted by molar-refractivity contribution is 9.10. The number of nitro benzene ring substituents is 1. The molecule has 142 valence electrons. The zero-order chi connectivity index (χ0) is 20.0. The lowest BCUT2D eigenvalue weighted by Gasteiger charge is -2.18. The molecule has 0 aliphatic rings. The Kier molecular flexibility index (Phi) is 6.68. The standard InChI is InChI=1S/C19H20BrN3O4/c1-19(2,3)14-6-4-13(5-7-14)11-21-22-18(24)12-27-17-9-8-15(23(25)26)10-16(17)20/h4-11H,12H2,1-3H3,(H,22,24)/b21-11+. The number of hydrogen-bond acceptors (Lipinski definition) is 5. The topological polar surface area (TPSA) is 93.8 Å². The minimum atomic E-state index is -0.510. The molecule has 0 saturated carbocycles. The minimum Gasteiger partial charge on any atom is -0.483 e. The molecular weight excluding hydrogens is 414 g/mol. The average Bonchev–Trinajstić information content (AvgIpc) is 2.60. The van der Waals surface area contributed by atoms with Crippen molar-refractivity contribution < 1.29 is 14.5 Å². The maximum absolute atomic E-state index is 11.8. The van der Waals surface area contributed by atoms with Gasteiger partial charge >= 0.3 is 0 Å². The van der Waals surface area contributed by atoms with E-state index in [0.29, 0.717) is 10.2 Å². The molecule has 0 aromatic heterocycles. The zero-order valence-corrected chi connectivity index (χ0v) is 16.8. The fourth-order valence-electron chi connectivity index (χ4n) is 2.14. The Bertz CT molecular complexity index is 858. The van der Waals surface area contributed by atoms with E-state index < -0.39 is 10.8 Å². The van der Waals surface area contributed by atoms with Crippen LogP contribution in [0.15, 0.2) is 52.0 Å². The molecule has 0 atom stereocenters. The molecule has 2 rings (SSSR count). The van der Waals surface area contributed by atoms with Crippen molar-refractivity contribution in [2.75, 3.05) is 6.61 Å². The van der Waals surface area contributed by atoms with E-state index in [1.54, 1.807) is 6.21 Å². The third-order valence-electron chi connectivity index (χ3n) is 3.66. The van der Waals surface area contributed by atoms with Crippen molar-refractivity contribution in [3.8, 4) is 5.75 Å². The van der Waals surface area contributed by atoms with Crippen LogP contribution >= 0.6 is 15.9 Å². The quantitative estimate of drug-likeness (QED) is 0.419. The smallest absolute Gasteiger partial charge is 0.277 e. The van der Waals surface area contributed by atoms with Crippen molar-refractivity contribution in [3.63, 3.8) is 0 Å². The Hall–Kier alpha value is -2.74. The van der Waals surface area contributed by atoms with Gasteiger partial charge in [0.1, 0.15) is 5.75 Å². The molecule has 0 heterocycles. The van der Waals surface area contributed by atoms with Crippen LogP contribution in [0, 0.1) is 10.1 Å². The molecule has 7 nitrogen and oxygen atoms in total. The van der Waals surface area contributed by atoms with Gasteiger partial charge < -0.3 is 4.74 Å². The molecule has 8 heteroatoms. The maximum Gasteiger partial charge on any atom is 0.277 e. The fraction of sp³-hybridized carbons (Fsp3) is 0.263. The van der Waals surface area contributed by atoms with Crippen LogP contribution < -0.4 is 10.2 Å². The number of hydrogen-bond donors (Lipinski definition) is 1. The van der Waals surface area contributed by atoms with Crippen molar-refractivity contribution >= 4 is 33.7 Å². The lowest BCUT2D eigenvalue weighted by Crippen LogP contribution is -2.24. The van der Waals surface area contributed by atoms with E-state index in [4.69, 9.17) is 4.74 Å². The molecule has 2 aromatic carbocycles. The van der Waals surface area contributed by atoms with Gasteiger partial charge in [-0.05, 0) is 38.5 Å². The molecule has 27 heavy (non-hydrogen) atoms. The van der Waals surface area contributed by atoms with Crippen LogP contribution in [0.1, 0.15) is 31.9 Å². The molecule has 0 bridgehead atoms. The summed E-state index contributed by atoms with van der Waals surface area (Å²) in [7, 11) is 0. The Morgan fingerprint density at radius 1 is 1.26 bits per heavy atom. The van der Waals surface area contributed by atoms with Gasteiger partial charge in [-0.25, -0.2) is 5.43 Å². The second-order valence-corrected chi connectivity index (χ2v) is 7.68. The summed E-state index contributed by atoms with van der Waals surface area (Å²) in [6, 6.07) is 12.0. The molecule has 0 unspecified atom stereocenters. The van der Waals surface area contributed by atoms with Crippen LogP contribution in [0.25, 0.3) is 0 Å². The highest BCUT2D eigenvalue weighted by Crippen LogP contribution is 2.29. The summed E-state index contributed by atoms with van der Waals surface area (Å²) in [5.41, 5.74) is 4.46. The van der Waals surface area contributed by atoms with Crippen LogP contribution in [0.5, 0.6) is 5.75 Å². The molecule has 0 radical (unpaired) electrons. The normalized spacial score (nSPS) is 11.4. The first-order valence-electron chi connectivity index (χ1n) is 8.16. The third-order valence-corrected chi connectivity index (χ3v) is 4.28. The van der Waals surface area contributed by atoms with Crippen molar-refractivity contribution in [2.24, 2.45) is 5.10 Å². The van der Waals surface area contributed by atoms with Crippen molar-refractivity contribution in [2.45, 2.75) is 26.2 Å². The fourth-order valence-corrected chi connectivity index (χ4v) is 2.63. The third kappa shape index (κ3) is 6.18. The largest absolute Gasteiger partial charge is 0.483 e. The Labute approximate surface area is 165 Å². The molecule has 0 spiro atoms. The molecule has 0 saturated heterocycles. The number of carbonyl (C=O) groups excluding carboxylic acids is 1. The van der Waals surface area contributed by atoms with Gasteiger partial charge in [-0.15, -0.1) is 0 Å². The molecule has 0 fully saturated rings. The average molecular weight is 434 g/mol. The monoisotopic (exact) mass is 433 g/mol. The van der Waals surface area contributed by atoms with E-state index in [-0.39, 0.29) is 17.7 Å². The summed E-state index contributed by atoms with van der Waals surface area (Å²) >= 11 is 3.18. The number of nitrogens with one attached hydrogen (secondary N) is 1.